The van der Waals surface area contributed by atoms with E-state index in [0.717, 1.165) is 37.8 Å². The van der Waals surface area contributed by atoms with E-state index in [0.29, 0.717) is 6.54 Å². The SMILES string of the molecule is CCNC(=NCc1ccc(CN(C)C)cc1)NCCc1ccc(OC)cc1.I. The molecule has 2 aromatic rings. The lowest BCUT2D eigenvalue weighted by Crippen LogP contribution is -2.38. The lowest BCUT2D eigenvalue weighted by atomic mass is 10.1. The summed E-state index contributed by atoms with van der Waals surface area (Å²) in [7, 11) is 5.85. The molecule has 0 fully saturated rings. The van der Waals surface area contributed by atoms with Crippen molar-refractivity contribution in [2.75, 3.05) is 34.3 Å². The molecule has 6 heteroatoms. The first kappa shape index (κ1) is 24.2. The lowest BCUT2D eigenvalue weighted by molar-refractivity contribution is 0.402. The first-order valence-electron chi connectivity index (χ1n) is 9.48. The predicted octanol–water partition coefficient (Wildman–Crippen LogP) is 3.67. The zero-order valence-electron chi connectivity index (χ0n) is 17.4. The monoisotopic (exact) mass is 496 g/mol. The summed E-state index contributed by atoms with van der Waals surface area (Å²) in [5.74, 6) is 1.74. The number of ether oxygens (including phenoxy) is 1. The van der Waals surface area contributed by atoms with E-state index in [1.165, 1.54) is 16.7 Å². The zero-order valence-corrected chi connectivity index (χ0v) is 19.7. The summed E-state index contributed by atoms with van der Waals surface area (Å²) in [5, 5.41) is 6.71. The molecule has 0 aliphatic heterocycles. The van der Waals surface area contributed by atoms with E-state index < -0.39 is 0 Å². The fourth-order valence-corrected chi connectivity index (χ4v) is 2.74. The molecule has 0 amide bonds. The Morgan fingerprint density at radius 3 is 2.11 bits per heavy atom. The van der Waals surface area contributed by atoms with Crippen LogP contribution in [0.1, 0.15) is 23.6 Å². The maximum absolute atomic E-state index is 5.20. The average molecular weight is 496 g/mol. The van der Waals surface area contributed by atoms with Gasteiger partial charge in [-0.3, -0.25) is 0 Å². The molecular formula is C22H33IN4O. The summed E-state index contributed by atoms with van der Waals surface area (Å²) in [4.78, 5) is 6.87. The van der Waals surface area contributed by atoms with E-state index in [1.807, 2.05) is 12.1 Å². The molecule has 0 atom stereocenters. The second-order valence-corrected chi connectivity index (χ2v) is 6.77. The van der Waals surface area contributed by atoms with Gasteiger partial charge in [0.2, 0.25) is 0 Å². The zero-order chi connectivity index (χ0) is 19.5. The molecule has 0 heterocycles. The Morgan fingerprint density at radius 1 is 0.929 bits per heavy atom. The molecule has 2 aromatic carbocycles. The van der Waals surface area contributed by atoms with Crippen LogP contribution in [-0.4, -0.2) is 45.2 Å². The van der Waals surface area contributed by atoms with Crippen LogP contribution in [0.2, 0.25) is 0 Å². The highest BCUT2D eigenvalue weighted by Crippen LogP contribution is 2.11. The van der Waals surface area contributed by atoms with Crippen LogP contribution in [0.15, 0.2) is 53.5 Å². The lowest BCUT2D eigenvalue weighted by Gasteiger charge is -2.12. The van der Waals surface area contributed by atoms with Crippen LogP contribution < -0.4 is 15.4 Å². The summed E-state index contributed by atoms with van der Waals surface area (Å²) in [6.07, 6.45) is 0.938. The van der Waals surface area contributed by atoms with E-state index in [9.17, 15) is 0 Å². The maximum Gasteiger partial charge on any atom is 0.191 e. The van der Waals surface area contributed by atoms with Gasteiger partial charge >= 0.3 is 0 Å². The summed E-state index contributed by atoms with van der Waals surface area (Å²) >= 11 is 0. The van der Waals surface area contributed by atoms with Crippen molar-refractivity contribution in [3.63, 3.8) is 0 Å². The van der Waals surface area contributed by atoms with Crippen LogP contribution in [0.4, 0.5) is 0 Å². The van der Waals surface area contributed by atoms with Gasteiger partial charge in [-0.05, 0) is 56.3 Å². The third-order valence-electron chi connectivity index (χ3n) is 4.15. The highest BCUT2D eigenvalue weighted by Gasteiger charge is 2.00. The Kier molecular flexibility index (Phi) is 11.6. The van der Waals surface area contributed by atoms with Gasteiger partial charge in [-0.2, -0.15) is 0 Å². The van der Waals surface area contributed by atoms with E-state index in [2.05, 4.69) is 73.0 Å². The van der Waals surface area contributed by atoms with Crippen molar-refractivity contribution in [3.8, 4) is 5.75 Å². The van der Waals surface area contributed by atoms with Crippen molar-refractivity contribution in [2.45, 2.75) is 26.4 Å². The number of hydrogen-bond donors (Lipinski definition) is 2. The molecule has 0 bridgehead atoms. The summed E-state index contributed by atoms with van der Waals surface area (Å²) < 4.78 is 5.20. The standard InChI is InChI=1S/C22H32N4O.HI/c1-5-23-22(24-15-14-18-10-12-21(27-4)13-11-18)25-16-19-6-8-20(9-7-19)17-26(2)3;/h6-13H,5,14-17H2,1-4H3,(H2,23,24,25);1H. The third-order valence-corrected chi connectivity index (χ3v) is 4.15. The Hall–Kier alpha value is -1.80. The van der Waals surface area contributed by atoms with Crippen molar-refractivity contribution in [1.82, 2.24) is 15.5 Å². The van der Waals surface area contributed by atoms with E-state index in [-0.39, 0.29) is 24.0 Å². The van der Waals surface area contributed by atoms with Gasteiger partial charge in [0.1, 0.15) is 5.75 Å². The molecule has 2 rings (SSSR count). The van der Waals surface area contributed by atoms with Gasteiger partial charge in [0, 0.05) is 19.6 Å². The van der Waals surface area contributed by atoms with Crippen molar-refractivity contribution in [1.29, 1.82) is 0 Å². The molecule has 28 heavy (non-hydrogen) atoms. The second kappa shape index (κ2) is 13.4. The summed E-state index contributed by atoms with van der Waals surface area (Å²) in [5.41, 5.74) is 3.80. The Bertz CT molecular complexity index is 699. The number of aliphatic imine (C=N–C) groups is 1. The number of hydrogen-bond acceptors (Lipinski definition) is 3. The summed E-state index contributed by atoms with van der Waals surface area (Å²) in [6.45, 7) is 5.38. The van der Waals surface area contributed by atoms with Gasteiger partial charge in [0.15, 0.2) is 5.96 Å². The number of halogens is 1. The molecule has 0 aliphatic rings. The molecule has 0 aromatic heterocycles. The molecule has 0 unspecified atom stereocenters. The maximum atomic E-state index is 5.20. The third kappa shape index (κ3) is 8.93. The number of nitrogens with one attached hydrogen (secondary N) is 2. The van der Waals surface area contributed by atoms with Crippen LogP contribution >= 0.6 is 24.0 Å². The Labute approximate surface area is 186 Å². The van der Waals surface area contributed by atoms with Gasteiger partial charge in [0.25, 0.3) is 0 Å². The molecule has 154 valence electrons. The highest BCUT2D eigenvalue weighted by molar-refractivity contribution is 14.0. The second-order valence-electron chi connectivity index (χ2n) is 6.77. The molecule has 0 radical (unpaired) electrons. The molecule has 0 saturated heterocycles. The van der Waals surface area contributed by atoms with Crippen molar-refractivity contribution >= 4 is 29.9 Å². The van der Waals surface area contributed by atoms with Crippen molar-refractivity contribution in [3.05, 3.63) is 65.2 Å². The van der Waals surface area contributed by atoms with Crippen LogP contribution in [0, 0.1) is 0 Å². The van der Waals surface area contributed by atoms with Crippen LogP contribution in [0.25, 0.3) is 0 Å². The van der Waals surface area contributed by atoms with Crippen LogP contribution in [0.5, 0.6) is 5.75 Å². The number of rotatable bonds is 9. The average Bonchev–Trinajstić information content (AvgIpc) is 2.67. The Balaban J connectivity index is 0.00000392. The largest absolute Gasteiger partial charge is 0.497 e. The van der Waals surface area contributed by atoms with Crippen LogP contribution in [0.3, 0.4) is 0 Å². The van der Waals surface area contributed by atoms with Gasteiger partial charge in [-0.1, -0.05) is 36.4 Å². The first-order valence-corrected chi connectivity index (χ1v) is 9.48. The van der Waals surface area contributed by atoms with Gasteiger partial charge < -0.3 is 20.3 Å². The minimum atomic E-state index is 0. The normalized spacial score (nSPS) is 11.1. The fourth-order valence-electron chi connectivity index (χ4n) is 2.74. The minimum absolute atomic E-state index is 0. The molecule has 2 N–H and O–H groups in total. The molecule has 0 saturated carbocycles. The minimum Gasteiger partial charge on any atom is -0.497 e. The molecular weight excluding hydrogens is 463 g/mol. The Morgan fingerprint density at radius 2 is 1.54 bits per heavy atom. The highest BCUT2D eigenvalue weighted by atomic mass is 127. The molecule has 0 aliphatic carbocycles. The van der Waals surface area contributed by atoms with E-state index >= 15 is 0 Å². The summed E-state index contributed by atoms with van der Waals surface area (Å²) in [6, 6.07) is 16.8. The molecule has 5 nitrogen and oxygen atoms in total. The van der Waals surface area contributed by atoms with Crippen molar-refractivity contribution in [2.24, 2.45) is 4.99 Å². The quantitative estimate of drug-likeness (QED) is 0.316. The van der Waals surface area contributed by atoms with E-state index in [1.54, 1.807) is 7.11 Å². The topological polar surface area (TPSA) is 48.9 Å². The van der Waals surface area contributed by atoms with Crippen molar-refractivity contribution < 1.29 is 4.74 Å². The van der Waals surface area contributed by atoms with E-state index in [4.69, 9.17) is 9.73 Å². The van der Waals surface area contributed by atoms with Gasteiger partial charge in [0.05, 0.1) is 13.7 Å². The van der Waals surface area contributed by atoms with Gasteiger partial charge in [-0.25, -0.2) is 4.99 Å². The smallest absolute Gasteiger partial charge is 0.191 e. The number of nitrogens with zero attached hydrogens (tertiary/aromatic N) is 2. The van der Waals surface area contributed by atoms with Crippen LogP contribution in [-0.2, 0) is 19.5 Å². The first-order chi connectivity index (χ1) is 13.1. The number of methoxy groups -OCH3 is 1. The number of benzene rings is 2. The predicted molar refractivity (Wildman–Crippen MR) is 129 cm³/mol. The number of guanidine groups is 1. The fraction of sp³-hybridized carbons (Fsp3) is 0.409. The van der Waals surface area contributed by atoms with Gasteiger partial charge in [-0.15, -0.1) is 24.0 Å². The molecule has 0 spiro atoms.